The lowest BCUT2D eigenvalue weighted by atomic mass is 10.2. The summed E-state index contributed by atoms with van der Waals surface area (Å²) in [6.45, 7) is 1.53. The van der Waals surface area contributed by atoms with Crippen molar-refractivity contribution in [2.45, 2.75) is 18.7 Å². The molecule has 7 nitrogen and oxygen atoms in total. The van der Waals surface area contributed by atoms with Crippen LogP contribution in [0.5, 0.6) is 0 Å². The van der Waals surface area contributed by atoms with Crippen molar-refractivity contribution in [2.24, 2.45) is 5.73 Å². The van der Waals surface area contributed by atoms with Gasteiger partial charge in [-0.2, -0.15) is 0 Å². The first-order valence-corrected chi connectivity index (χ1v) is 7.90. The number of amides is 1. The van der Waals surface area contributed by atoms with Crippen molar-refractivity contribution in [1.29, 1.82) is 0 Å². The summed E-state index contributed by atoms with van der Waals surface area (Å²) in [4.78, 5) is 23.0. The molecule has 0 aliphatic carbocycles. The molecule has 0 aliphatic rings. The highest BCUT2D eigenvalue weighted by molar-refractivity contribution is 7.93. The Balaban J connectivity index is 2.80. The predicted molar refractivity (Wildman–Crippen MR) is 78.2 cm³/mol. The van der Waals surface area contributed by atoms with E-state index < -0.39 is 32.7 Å². The molecule has 1 aromatic rings. The summed E-state index contributed by atoms with van der Waals surface area (Å²) in [5.41, 5.74) is 6.74. The molecule has 1 unspecified atom stereocenters. The minimum atomic E-state index is -3.92. The van der Waals surface area contributed by atoms with E-state index in [0.717, 1.165) is 12.7 Å². The van der Waals surface area contributed by atoms with E-state index in [9.17, 15) is 18.0 Å². The van der Waals surface area contributed by atoms with Gasteiger partial charge in [0.1, 0.15) is 11.0 Å². The molecule has 0 radical (unpaired) electrons. The maximum Gasteiger partial charge on any atom is 0.320 e. The number of rotatable bonds is 6. The van der Waals surface area contributed by atoms with Crippen LogP contribution in [-0.2, 0) is 30.7 Å². The summed E-state index contributed by atoms with van der Waals surface area (Å²) in [5, 5.41) is 1.13. The zero-order chi connectivity index (χ0) is 16.0. The minimum Gasteiger partial charge on any atom is -0.468 e. The van der Waals surface area contributed by atoms with Crippen LogP contribution in [0.2, 0.25) is 0 Å². The fourth-order valence-corrected chi connectivity index (χ4v) is 2.61. The molecule has 3 N–H and O–H groups in total. The predicted octanol–water partition coefficient (Wildman–Crippen LogP) is 0.0601. The summed E-state index contributed by atoms with van der Waals surface area (Å²) in [6.07, 6.45) is 0. The fraction of sp³-hybridized carbons (Fsp3) is 0.385. The SMILES string of the molecule is COC(=O)CS(=O)(=O)C(C)C(=O)Nc1cccc(CN)c1. The summed E-state index contributed by atoms with van der Waals surface area (Å²) in [6, 6.07) is 6.76. The first-order valence-electron chi connectivity index (χ1n) is 6.18. The number of hydrogen-bond acceptors (Lipinski definition) is 6. The van der Waals surface area contributed by atoms with Crippen LogP contribution in [0.4, 0.5) is 5.69 Å². The molecule has 1 atom stereocenters. The van der Waals surface area contributed by atoms with Crippen LogP contribution < -0.4 is 11.1 Å². The molecule has 1 rings (SSSR count). The van der Waals surface area contributed by atoms with Gasteiger partial charge in [-0.25, -0.2) is 8.42 Å². The standard InChI is InChI=1S/C13H18N2O5S/c1-9(21(18,19)8-12(16)20-2)13(17)15-11-5-3-4-10(6-11)7-14/h3-6,9H,7-8,14H2,1-2H3,(H,15,17). The maximum atomic E-state index is 12.0. The molecule has 0 heterocycles. The number of nitrogens with two attached hydrogens (primary N) is 1. The van der Waals surface area contributed by atoms with Gasteiger partial charge in [0.05, 0.1) is 7.11 Å². The maximum absolute atomic E-state index is 12.0. The van der Waals surface area contributed by atoms with E-state index in [1.54, 1.807) is 24.3 Å². The second-order valence-corrected chi connectivity index (χ2v) is 6.74. The Bertz CT molecular complexity index is 627. The van der Waals surface area contributed by atoms with Crippen LogP contribution in [0.25, 0.3) is 0 Å². The summed E-state index contributed by atoms with van der Waals surface area (Å²) < 4.78 is 28.0. The molecule has 21 heavy (non-hydrogen) atoms. The average molecular weight is 314 g/mol. The van der Waals surface area contributed by atoms with Gasteiger partial charge < -0.3 is 15.8 Å². The number of anilines is 1. The van der Waals surface area contributed by atoms with Gasteiger partial charge in [-0.15, -0.1) is 0 Å². The monoisotopic (exact) mass is 314 g/mol. The molecule has 0 aromatic heterocycles. The lowest BCUT2D eigenvalue weighted by Gasteiger charge is -2.13. The number of methoxy groups -OCH3 is 1. The first kappa shape index (κ1) is 17.1. The minimum absolute atomic E-state index is 0.305. The molecule has 0 bridgehead atoms. The third kappa shape index (κ3) is 4.83. The Kier molecular flexibility index (Phi) is 5.86. The van der Waals surface area contributed by atoms with Gasteiger partial charge in [-0.3, -0.25) is 9.59 Å². The Morgan fingerprint density at radius 1 is 1.38 bits per heavy atom. The number of sulfone groups is 1. The first-order chi connectivity index (χ1) is 9.80. The number of carbonyl (C=O) groups excluding carboxylic acids is 2. The number of esters is 1. The highest BCUT2D eigenvalue weighted by Crippen LogP contribution is 2.12. The Hall–Kier alpha value is -1.93. The number of benzene rings is 1. The zero-order valence-electron chi connectivity index (χ0n) is 11.8. The largest absolute Gasteiger partial charge is 0.468 e. The van der Waals surface area contributed by atoms with Crippen molar-refractivity contribution in [2.75, 3.05) is 18.2 Å². The normalized spacial score (nSPS) is 12.5. The van der Waals surface area contributed by atoms with Gasteiger partial charge in [0.15, 0.2) is 9.84 Å². The highest BCUT2D eigenvalue weighted by Gasteiger charge is 2.30. The van der Waals surface area contributed by atoms with Gasteiger partial charge in [-0.05, 0) is 24.6 Å². The number of nitrogens with one attached hydrogen (secondary N) is 1. The van der Waals surface area contributed by atoms with Crippen LogP contribution in [0.3, 0.4) is 0 Å². The molecule has 0 fully saturated rings. The van der Waals surface area contributed by atoms with Gasteiger partial charge >= 0.3 is 5.97 Å². The van der Waals surface area contributed by atoms with Crippen molar-refractivity contribution in [3.8, 4) is 0 Å². The van der Waals surface area contributed by atoms with Gasteiger partial charge in [0.2, 0.25) is 5.91 Å². The Morgan fingerprint density at radius 2 is 2.05 bits per heavy atom. The van der Waals surface area contributed by atoms with Gasteiger partial charge in [0, 0.05) is 12.2 Å². The van der Waals surface area contributed by atoms with E-state index in [4.69, 9.17) is 5.73 Å². The summed E-state index contributed by atoms with van der Waals surface area (Å²) in [5.74, 6) is -2.45. The second-order valence-electron chi connectivity index (χ2n) is 4.42. The zero-order valence-corrected chi connectivity index (χ0v) is 12.6. The lowest BCUT2D eigenvalue weighted by molar-refractivity contribution is -0.137. The molecule has 0 saturated heterocycles. The van der Waals surface area contributed by atoms with Crippen molar-refractivity contribution in [1.82, 2.24) is 0 Å². The molecular formula is C13H18N2O5S. The van der Waals surface area contributed by atoms with E-state index >= 15 is 0 Å². The van der Waals surface area contributed by atoms with E-state index in [1.807, 2.05) is 0 Å². The van der Waals surface area contributed by atoms with Crippen molar-refractivity contribution in [3.05, 3.63) is 29.8 Å². The van der Waals surface area contributed by atoms with Crippen LogP contribution in [-0.4, -0.2) is 38.4 Å². The van der Waals surface area contributed by atoms with E-state index in [-0.39, 0.29) is 0 Å². The van der Waals surface area contributed by atoms with Crippen molar-refractivity contribution in [3.63, 3.8) is 0 Å². The molecule has 116 valence electrons. The molecule has 8 heteroatoms. The third-order valence-electron chi connectivity index (χ3n) is 2.88. The van der Waals surface area contributed by atoms with E-state index in [1.165, 1.54) is 6.92 Å². The molecule has 1 aromatic carbocycles. The fourth-order valence-electron chi connectivity index (χ4n) is 1.53. The van der Waals surface area contributed by atoms with E-state index in [2.05, 4.69) is 10.1 Å². The number of ether oxygens (including phenoxy) is 1. The Morgan fingerprint density at radius 3 is 2.62 bits per heavy atom. The summed E-state index contributed by atoms with van der Waals surface area (Å²) in [7, 11) is -2.83. The topological polar surface area (TPSA) is 116 Å². The molecule has 0 spiro atoms. The summed E-state index contributed by atoms with van der Waals surface area (Å²) >= 11 is 0. The van der Waals surface area contributed by atoms with Crippen molar-refractivity contribution >= 4 is 27.4 Å². The van der Waals surface area contributed by atoms with E-state index in [0.29, 0.717) is 12.2 Å². The van der Waals surface area contributed by atoms with Crippen LogP contribution >= 0.6 is 0 Å². The lowest BCUT2D eigenvalue weighted by Crippen LogP contribution is -2.36. The second kappa shape index (κ2) is 7.19. The highest BCUT2D eigenvalue weighted by atomic mass is 32.2. The Labute approximate surface area is 123 Å². The quantitative estimate of drug-likeness (QED) is 0.717. The van der Waals surface area contributed by atoms with Crippen LogP contribution in [0.15, 0.2) is 24.3 Å². The van der Waals surface area contributed by atoms with Crippen molar-refractivity contribution < 1.29 is 22.7 Å². The number of carbonyl (C=O) groups is 2. The number of hydrogen-bond donors (Lipinski definition) is 2. The van der Waals surface area contributed by atoms with Crippen LogP contribution in [0, 0.1) is 0 Å². The molecule has 0 saturated carbocycles. The average Bonchev–Trinajstić information content (AvgIpc) is 2.45. The third-order valence-corrected chi connectivity index (χ3v) is 4.81. The van der Waals surface area contributed by atoms with Crippen LogP contribution in [0.1, 0.15) is 12.5 Å². The van der Waals surface area contributed by atoms with Gasteiger partial charge in [0.25, 0.3) is 0 Å². The molecule has 0 aliphatic heterocycles. The molecular weight excluding hydrogens is 296 g/mol. The molecule has 1 amide bonds. The van der Waals surface area contributed by atoms with Gasteiger partial charge in [-0.1, -0.05) is 12.1 Å². The smallest absolute Gasteiger partial charge is 0.320 e.